The Morgan fingerprint density at radius 1 is 0.769 bits per heavy atom. The third kappa shape index (κ3) is 2.13. The zero-order valence-electron chi connectivity index (χ0n) is 14.5. The van der Waals surface area contributed by atoms with Crippen LogP contribution in [0.25, 0.3) is 42.1 Å². The fourth-order valence-electron chi connectivity index (χ4n) is 4.05. The smallest absolute Gasteiger partial charge is 0.0687 e. The summed E-state index contributed by atoms with van der Waals surface area (Å²) in [6, 6.07) is 25.5. The normalized spacial score (nSPS) is 11.6. The Kier molecular flexibility index (Phi) is 3.56. The SMILES string of the molecule is Cc1c(-c2ccccc2CO)c2sc3ccccc3c2c2ccccc12. The number of hydrogen-bond donors (Lipinski definition) is 1. The van der Waals surface area contributed by atoms with Crippen molar-refractivity contribution in [2.24, 2.45) is 0 Å². The molecule has 0 saturated carbocycles. The number of fused-ring (bicyclic) bond motifs is 5. The van der Waals surface area contributed by atoms with Gasteiger partial charge in [0.2, 0.25) is 0 Å². The van der Waals surface area contributed by atoms with Crippen LogP contribution in [0.15, 0.2) is 72.8 Å². The van der Waals surface area contributed by atoms with Crippen molar-refractivity contribution in [3.63, 3.8) is 0 Å². The van der Waals surface area contributed by atoms with Gasteiger partial charge in [0.1, 0.15) is 0 Å². The average molecular weight is 354 g/mol. The lowest BCUT2D eigenvalue weighted by molar-refractivity contribution is 0.282. The van der Waals surface area contributed by atoms with E-state index < -0.39 is 0 Å². The van der Waals surface area contributed by atoms with Crippen LogP contribution < -0.4 is 0 Å². The Bertz CT molecular complexity index is 1280. The number of hydrogen-bond acceptors (Lipinski definition) is 2. The number of aliphatic hydroxyl groups excluding tert-OH is 1. The molecular formula is C24H18OS. The van der Waals surface area contributed by atoms with Crippen molar-refractivity contribution < 1.29 is 5.11 Å². The molecule has 5 rings (SSSR count). The Balaban J connectivity index is 2.07. The number of aliphatic hydroxyl groups is 1. The molecule has 126 valence electrons. The fraction of sp³-hybridized carbons (Fsp3) is 0.0833. The van der Waals surface area contributed by atoms with E-state index in [4.69, 9.17) is 0 Å². The summed E-state index contributed by atoms with van der Waals surface area (Å²) in [7, 11) is 0. The monoisotopic (exact) mass is 354 g/mol. The van der Waals surface area contributed by atoms with Crippen LogP contribution in [0.3, 0.4) is 0 Å². The molecular weight excluding hydrogens is 336 g/mol. The molecule has 0 radical (unpaired) electrons. The van der Waals surface area contributed by atoms with E-state index in [-0.39, 0.29) is 6.61 Å². The van der Waals surface area contributed by atoms with Crippen LogP contribution in [-0.2, 0) is 6.61 Å². The predicted octanol–water partition coefficient (Wildman–Crippen LogP) is 6.68. The number of thiophene rings is 1. The minimum atomic E-state index is 0.0504. The highest BCUT2D eigenvalue weighted by molar-refractivity contribution is 7.26. The van der Waals surface area contributed by atoms with E-state index in [1.54, 1.807) is 0 Å². The second kappa shape index (κ2) is 5.94. The van der Waals surface area contributed by atoms with Gasteiger partial charge in [-0.1, -0.05) is 66.7 Å². The lowest BCUT2D eigenvalue weighted by atomic mass is 9.90. The molecule has 0 bridgehead atoms. The van der Waals surface area contributed by atoms with Gasteiger partial charge < -0.3 is 5.11 Å². The molecule has 0 unspecified atom stereocenters. The van der Waals surface area contributed by atoms with Crippen LogP contribution in [0.1, 0.15) is 11.1 Å². The van der Waals surface area contributed by atoms with Gasteiger partial charge in [-0.3, -0.25) is 0 Å². The molecule has 0 aliphatic heterocycles. The summed E-state index contributed by atoms with van der Waals surface area (Å²) in [4.78, 5) is 0. The molecule has 5 aromatic rings. The maximum Gasteiger partial charge on any atom is 0.0687 e. The average Bonchev–Trinajstić information content (AvgIpc) is 3.08. The zero-order valence-corrected chi connectivity index (χ0v) is 15.3. The molecule has 1 aromatic heterocycles. The van der Waals surface area contributed by atoms with Gasteiger partial charge in [-0.05, 0) is 40.5 Å². The Hall–Kier alpha value is -2.68. The molecule has 4 aromatic carbocycles. The molecule has 0 amide bonds. The Morgan fingerprint density at radius 2 is 1.42 bits per heavy atom. The van der Waals surface area contributed by atoms with Crippen LogP contribution >= 0.6 is 11.3 Å². The van der Waals surface area contributed by atoms with Crippen molar-refractivity contribution >= 4 is 42.3 Å². The maximum atomic E-state index is 9.90. The van der Waals surface area contributed by atoms with E-state index in [0.717, 1.165) is 11.1 Å². The molecule has 1 N–H and O–H groups in total. The molecule has 26 heavy (non-hydrogen) atoms. The van der Waals surface area contributed by atoms with Gasteiger partial charge in [0.05, 0.1) is 6.61 Å². The van der Waals surface area contributed by atoms with E-state index >= 15 is 0 Å². The van der Waals surface area contributed by atoms with Gasteiger partial charge >= 0.3 is 0 Å². The molecule has 1 nitrogen and oxygen atoms in total. The van der Waals surface area contributed by atoms with Gasteiger partial charge in [0.25, 0.3) is 0 Å². The molecule has 0 spiro atoms. The Labute approximate surface area is 156 Å². The summed E-state index contributed by atoms with van der Waals surface area (Å²) >= 11 is 1.85. The fourth-order valence-corrected chi connectivity index (χ4v) is 5.38. The van der Waals surface area contributed by atoms with Crippen molar-refractivity contribution in [3.05, 3.63) is 83.9 Å². The van der Waals surface area contributed by atoms with Crippen molar-refractivity contribution in [3.8, 4) is 11.1 Å². The van der Waals surface area contributed by atoms with Crippen LogP contribution in [0.4, 0.5) is 0 Å². The summed E-state index contributed by atoms with van der Waals surface area (Å²) in [5.41, 5.74) is 4.64. The highest BCUT2D eigenvalue weighted by atomic mass is 32.1. The van der Waals surface area contributed by atoms with Crippen molar-refractivity contribution in [1.29, 1.82) is 0 Å². The van der Waals surface area contributed by atoms with Crippen LogP contribution in [-0.4, -0.2) is 5.11 Å². The first-order valence-corrected chi connectivity index (χ1v) is 9.63. The van der Waals surface area contributed by atoms with Gasteiger partial charge in [0.15, 0.2) is 0 Å². The van der Waals surface area contributed by atoms with E-state index in [1.165, 1.54) is 42.1 Å². The Morgan fingerprint density at radius 3 is 2.23 bits per heavy atom. The standard InChI is InChI=1S/C24H18OS/c1-15-17-9-4-5-11-19(17)23-20-12-6-7-13-21(20)26-24(23)22(15)18-10-3-2-8-16(18)14-25/h2-13,25H,14H2,1H3. The molecule has 0 fully saturated rings. The van der Waals surface area contributed by atoms with Crippen LogP contribution in [0.2, 0.25) is 0 Å². The first-order valence-electron chi connectivity index (χ1n) is 8.81. The lowest BCUT2D eigenvalue weighted by Crippen LogP contribution is -1.93. The number of rotatable bonds is 2. The lowest BCUT2D eigenvalue weighted by Gasteiger charge is -2.15. The minimum absolute atomic E-state index is 0.0504. The molecule has 0 aliphatic carbocycles. The highest BCUT2D eigenvalue weighted by Crippen LogP contribution is 2.46. The minimum Gasteiger partial charge on any atom is -0.392 e. The van der Waals surface area contributed by atoms with Gasteiger partial charge in [-0.2, -0.15) is 0 Å². The molecule has 2 heteroatoms. The third-order valence-electron chi connectivity index (χ3n) is 5.25. The molecule has 0 aliphatic rings. The highest BCUT2D eigenvalue weighted by Gasteiger charge is 2.18. The first-order chi connectivity index (χ1) is 12.8. The summed E-state index contributed by atoms with van der Waals surface area (Å²) in [6.07, 6.45) is 0. The second-order valence-electron chi connectivity index (χ2n) is 6.66. The van der Waals surface area contributed by atoms with Crippen LogP contribution in [0, 0.1) is 6.92 Å². The summed E-state index contributed by atoms with van der Waals surface area (Å²) < 4.78 is 2.62. The largest absolute Gasteiger partial charge is 0.392 e. The predicted molar refractivity (Wildman–Crippen MR) is 113 cm³/mol. The van der Waals surface area contributed by atoms with Crippen LogP contribution in [0.5, 0.6) is 0 Å². The maximum absolute atomic E-state index is 9.90. The van der Waals surface area contributed by atoms with Gasteiger partial charge in [-0.15, -0.1) is 11.3 Å². The number of benzene rings is 4. The van der Waals surface area contributed by atoms with E-state index in [9.17, 15) is 5.11 Å². The summed E-state index contributed by atoms with van der Waals surface area (Å²) in [5.74, 6) is 0. The number of aryl methyl sites for hydroxylation is 1. The zero-order chi connectivity index (χ0) is 17.7. The van der Waals surface area contributed by atoms with Crippen molar-refractivity contribution in [1.82, 2.24) is 0 Å². The molecule has 0 atom stereocenters. The molecule has 1 heterocycles. The first kappa shape index (κ1) is 15.6. The summed E-state index contributed by atoms with van der Waals surface area (Å²) in [6.45, 7) is 2.25. The van der Waals surface area contributed by atoms with Crippen molar-refractivity contribution in [2.75, 3.05) is 0 Å². The molecule has 0 saturated heterocycles. The van der Waals surface area contributed by atoms with Gasteiger partial charge in [0, 0.05) is 25.7 Å². The second-order valence-corrected chi connectivity index (χ2v) is 7.72. The van der Waals surface area contributed by atoms with E-state index in [0.29, 0.717) is 0 Å². The quantitative estimate of drug-likeness (QED) is 0.375. The summed E-state index contributed by atoms with van der Waals surface area (Å²) in [5, 5.41) is 15.1. The van der Waals surface area contributed by atoms with Crippen molar-refractivity contribution in [2.45, 2.75) is 13.5 Å². The van der Waals surface area contributed by atoms with Gasteiger partial charge in [-0.25, -0.2) is 0 Å². The topological polar surface area (TPSA) is 20.2 Å². The van der Waals surface area contributed by atoms with E-state index in [2.05, 4.69) is 67.6 Å². The van der Waals surface area contributed by atoms with E-state index in [1.807, 2.05) is 23.5 Å². The third-order valence-corrected chi connectivity index (χ3v) is 6.44.